The number of hydrogen-bond acceptors (Lipinski definition) is 7. The summed E-state index contributed by atoms with van der Waals surface area (Å²) in [6, 6.07) is 28.4. The molecule has 2 saturated heterocycles. The fourth-order valence-corrected chi connectivity index (χ4v) is 11.1. The zero-order valence-corrected chi connectivity index (χ0v) is 25.9. The smallest absolute Gasteiger partial charge is 0.277 e. The van der Waals surface area contributed by atoms with Crippen LogP contribution in [0.25, 0.3) is 10.9 Å². The Morgan fingerprint density at radius 1 is 0.905 bits per heavy atom. The summed E-state index contributed by atoms with van der Waals surface area (Å²) < 4.78 is 27.7. The quantitative estimate of drug-likeness (QED) is 0.286. The van der Waals surface area contributed by atoms with E-state index in [0.717, 1.165) is 0 Å². The summed E-state index contributed by atoms with van der Waals surface area (Å²) in [6.07, 6.45) is -0.474. The summed E-state index contributed by atoms with van der Waals surface area (Å²) in [5.74, 6) is -0.827. The average molecular weight is 586 g/mol. The summed E-state index contributed by atoms with van der Waals surface area (Å²) in [5.41, 5.74) is 0.439. The van der Waals surface area contributed by atoms with Crippen molar-refractivity contribution in [1.29, 1.82) is 0 Å². The number of nitrogens with zero attached hydrogens (tertiary/aromatic N) is 3. The zero-order valence-electron chi connectivity index (χ0n) is 24.9. The maximum Gasteiger partial charge on any atom is 0.277 e. The van der Waals surface area contributed by atoms with Crippen molar-refractivity contribution < 1.29 is 18.6 Å². The molecule has 2 fully saturated rings. The van der Waals surface area contributed by atoms with Crippen molar-refractivity contribution in [1.82, 2.24) is 15.0 Å². The summed E-state index contributed by atoms with van der Waals surface area (Å²) in [6.45, 7) is 11.4. The molecule has 3 heterocycles. The van der Waals surface area contributed by atoms with Crippen LogP contribution in [0.15, 0.2) is 89.7 Å². The second-order valence-corrected chi connectivity index (χ2v) is 17.0. The van der Waals surface area contributed by atoms with Crippen LogP contribution in [0.3, 0.4) is 0 Å². The standard InChI is InChI=1S/C33H39N3O5Si/c1-32(2,3)42(23-14-8-6-9-15-23,24-16-10-7-11-17-24)38-22-28-26(29-31(39-28)41-33(4,5)40-29)20-21-36-30(37)25-18-12-13-19-27(25)34-35-36/h6-19,26,28-29,31H,20-22H2,1-5H3/t26-,28+,29-,31-/m0/s1. The minimum atomic E-state index is -2.78. The maximum absolute atomic E-state index is 13.2. The van der Waals surface area contributed by atoms with Crippen LogP contribution in [0.1, 0.15) is 41.0 Å². The largest absolute Gasteiger partial charge is 0.405 e. The van der Waals surface area contributed by atoms with Crippen molar-refractivity contribution in [2.75, 3.05) is 6.61 Å². The molecule has 0 N–H and O–H groups in total. The van der Waals surface area contributed by atoms with Crippen molar-refractivity contribution in [2.45, 2.75) is 76.9 Å². The lowest BCUT2D eigenvalue weighted by Gasteiger charge is -2.43. The molecule has 0 saturated carbocycles. The third-order valence-electron chi connectivity index (χ3n) is 8.48. The summed E-state index contributed by atoms with van der Waals surface area (Å²) in [7, 11) is -2.78. The molecule has 42 heavy (non-hydrogen) atoms. The molecule has 4 aromatic rings. The van der Waals surface area contributed by atoms with E-state index in [2.05, 4.69) is 79.6 Å². The number of aryl methyl sites for hydroxylation is 1. The molecule has 0 radical (unpaired) electrons. The molecule has 0 aliphatic carbocycles. The van der Waals surface area contributed by atoms with Crippen LogP contribution in [-0.2, 0) is 25.2 Å². The number of rotatable bonds is 8. The fraction of sp³-hybridized carbons (Fsp3) is 0.424. The lowest BCUT2D eigenvalue weighted by Crippen LogP contribution is -2.67. The normalized spacial score (nSPS) is 23.7. The maximum atomic E-state index is 13.2. The van der Waals surface area contributed by atoms with E-state index in [9.17, 15) is 4.79 Å². The van der Waals surface area contributed by atoms with Crippen molar-refractivity contribution in [2.24, 2.45) is 5.92 Å². The molecule has 1 aromatic heterocycles. The molecule has 9 heteroatoms. The first-order valence-electron chi connectivity index (χ1n) is 14.7. The van der Waals surface area contributed by atoms with E-state index in [-0.39, 0.29) is 28.7 Å². The van der Waals surface area contributed by atoms with E-state index in [0.29, 0.717) is 30.5 Å². The highest BCUT2D eigenvalue weighted by Gasteiger charge is 2.56. The molecule has 220 valence electrons. The molecule has 2 aliphatic rings. The van der Waals surface area contributed by atoms with Gasteiger partial charge in [-0.1, -0.05) is 98.8 Å². The third kappa shape index (κ3) is 5.24. The third-order valence-corrected chi connectivity index (χ3v) is 13.5. The second-order valence-electron chi connectivity index (χ2n) is 12.7. The van der Waals surface area contributed by atoms with E-state index < -0.39 is 20.4 Å². The Balaban J connectivity index is 1.31. The topological polar surface area (TPSA) is 84.7 Å². The van der Waals surface area contributed by atoms with Crippen LogP contribution < -0.4 is 15.9 Å². The summed E-state index contributed by atoms with van der Waals surface area (Å²) >= 11 is 0. The minimum absolute atomic E-state index is 0.0739. The van der Waals surface area contributed by atoms with E-state index in [1.165, 1.54) is 15.1 Å². The van der Waals surface area contributed by atoms with Gasteiger partial charge in [0, 0.05) is 12.5 Å². The van der Waals surface area contributed by atoms with Crippen LogP contribution in [0.5, 0.6) is 0 Å². The predicted molar refractivity (Wildman–Crippen MR) is 164 cm³/mol. The molecule has 8 nitrogen and oxygen atoms in total. The van der Waals surface area contributed by atoms with Gasteiger partial charge in [0.15, 0.2) is 12.1 Å². The van der Waals surface area contributed by atoms with Crippen LogP contribution in [-0.4, -0.2) is 54.2 Å². The van der Waals surface area contributed by atoms with Gasteiger partial charge in [-0.3, -0.25) is 4.79 Å². The lowest BCUT2D eigenvalue weighted by atomic mass is 9.95. The molecule has 0 unspecified atom stereocenters. The van der Waals surface area contributed by atoms with Crippen LogP contribution >= 0.6 is 0 Å². The molecule has 4 atom stereocenters. The van der Waals surface area contributed by atoms with Gasteiger partial charge in [0.05, 0.1) is 18.1 Å². The predicted octanol–water partition coefficient (Wildman–Crippen LogP) is 4.25. The van der Waals surface area contributed by atoms with Gasteiger partial charge in [0.25, 0.3) is 13.9 Å². The van der Waals surface area contributed by atoms with Gasteiger partial charge in [0.2, 0.25) is 0 Å². The summed E-state index contributed by atoms with van der Waals surface area (Å²) in [4.78, 5) is 13.2. The van der Waals surface area contributed by atoms with Crippen LogP contribution in [0, 0.1) is 5.92 Å². The second kappa shape index (κ2) is 11.1. The number of fused-ring (bicyclic) bond motifs is 2. The molecule has 6 rings (SSSR count). The molecular weight excluding hydrogens is 546 g/mol. The molecule has 3 aromatic carbocycles. The molecule has 2 aliphatic heterocycles. The Bertz CT molecular complexity index is 1550. The first-order chi connectivity index (χ1) is 20.1. The van der Waals surface area contributed by atoms with Crippen LogP contribution in [0.4, 0.5) is 0 Å². The molecular formula is C33H39N3O5Si. The highest BCUT2D eigenvalue weighted by Crippen LogP contribution is 2.43. The molecule has 0 spiro atoms. The van der Waals surface area contributed by atoms with Crippen LogP contribution in [0.2, 0.25) is 5.04 Å². The van der Waals surface area contributed by atoms with Crippen molar-refractivity contribution >= 4 is 29.6 Å². The number of aromatic nitrogens is 3. The zero-order chi connectivity index (χ0) is 29.5. The Morgan fingerprint density at radius 3 is 2.17 bits per heavy atom. The van der Waals surface area contributed by atoms with Gasteiger partial charge >= 0.3 is 0 Å². The van der Waals surface area contributed by atoms with E-state index in [4.69, 9.17) is 18.6 Å². The number of benzene rings is 3. The van der Waals surface area contributed by atoms with Crippen molar-refractivity contribution in [3.8, 4) is 0 Å². The van der Waals surface area contributed by atoms with E-state index in [1.54, 1.807) is 12.1 Å². The Morgan fingerprint density at radius 2 is 1.52 bits per heavy atom. The van der Waals surface area contributed by atoms with Gasteiger partial charge in [-0.15, -0.1) is 5.10 Å². The van der Waals surface area contributed by atoms with E-state index in [1.807, 2.05) is 38.1 Å². The molecule has 0 bridgehead atoms. The Kier molecular flexibility index (Phi) is 7.65. The summed E-state index contributed by atoms with van der Waals surface area (Å²) in [5, 5.41) is 11.3. The Hall–Kier alpha value is -3.21. The lowest BCUT2D eigenvalue weighted by molar-refractivity contribution is -0.213. The van der Waals surface area contributed by atoms with Gasteiger partial charge in [0.1, 0.15) is 11.6 Å². The first kappa shape index (κ1) is 28.9. The van der Waals surface area contributed by atoms with Gasteiger partial charge in [-0.05, 0) is 47.8 Å². The number of ether oxygens (including phenoxy) is 3. The van der Waals surface area contributed by atoms with Gasteiger partial charge in [-0.25, -0.2) is 4.68 Å². The van der Waals surface area contributed by atoms with Gasteiger partial charge in [-0.2, -0.15) is 0 Å². The highest BCUT2D eigenvalue weighted by molar-refractivity contribution is 6.99. The highest BCUT2D eigenvalue weighted by atomic mass is 28.4. The van der Waals surface area contributed by atoms with E-state index >= 15 is 0 Å². The fourth-order valence-electron chi connectivity index (χ4n) is 6.56. The Labute approximate surface area is 247 Å². The molecule has 0 amide bonds. The first-order valence-corrected chi connectivity index (χ1v) is 16.6. The number of hydrogen-bond donors (Lipinski definition) is 0. The van der Waals surface area contributed by atoms with Crippen molar-refractivity contribution in [3.05, 3.63) is 95.3 Å². The minimum Gasteiger partial charge on any atom is -0.405 e. The average Bonchev–Trinajstić information content (AvgIpc) is 3.44. The SMILES string of the molecule is CC1(C)O[C@@H]2O[C@H](CO[Si](c3ccccc3)(c3ccccc3)C(C)(C)C)[C@H](CCn3nnc4ccccc4c3=O)[C@@H]2O1. The monoisotopic (exact) mass is 585 g/mol. The van der Waals surface area contributed by atoms with Gasteiger partial charge < -0.3 is 18.6 Å². The van der Waals surface area contributed by atoms with Crippen molar-refractivity contribution in [3.63, 3.8) is 0 Å².